The molecule has 2 aromatic carbocycles. The normalized spacial score (nSPS) is 17.0. The Morgan fingerprint density at radius 1 is 1.08 bits per heavy atom. The lowest BCUT2D eigenvalue weighted by Gasteiger charge is -2.30. The molecule has 36 heavy (non-hydrogen) atoms. The summed E-state index contributed by atoms with van der Waals surface area (Å²) >= 11 is 0. The van der Waals surface area contributed by atoms with Gasteiger partial charge in [0.2, 0.25) is 10.0 Å². The average Bonchev–Trinajstić information content (AvgIpc) is 3.01. The van der Waals surface area contributed by atoms with Gasteiger partial charge in [-0.25, -0.2) is 21.1 Å². The van der Waals surface area contributed by atoms with Gasteiger partial charge in [0.15, 0.2) is 0 Å². The van der Waals surface area contributed by atoms with Gasteiger partial charge >= 0.3 is 6.18 Å². The van der Waals surface area contributed by atoms with Gasteiger partial charge in [0.25, 0.3) is 15.9 Å². The van der Waals surface area contributed by atoms with Gasteiger partial charge in [0, 0.05) is 12.5 Å². The number of carbonyl (C=O) groups excluding carboxylic acids is 1. The molecule has 0 unspecified atom stereocenters. The summed E-state index contributed by atoms with van der Waals surface area (Å²) in [7, 11) is -8.52. The zero-order valence-electron chi connectivity index (χ0n) is 19.4. The average molecular weight is 542 g/mol. The van der Waals surface area contributed by atoms with E-state index in [-0.39, 0.29) is 16.9 Å². The number of nitrogens with zero attached hydrogens (tertiary/aromatic N) is 2. The molecule has 1 atom stereocenters. The third-order valence-electron chi connectivity index (χ3n) is 5.19. The number of benzene rings is 2. The number of nitrogens with one attached hydrogen (secondary N) is 1. The summed E-state index contributed by atoms with van der Waals surface area (Å²) in [6.07, 6.45) is -3.86. The minimum Gasteiger partial charge on any atom is -0.269 e. The van der Waals surface area contributed by atoms with Crippen LogP contribution in [0.25, 0.3) is 4.91 Å². The highest BCUT2D eigenvalue weighted by molar-refractivity contribution is 7.99. The quantitative estimate of drug-likeness (QED) is 0.598. The molecule has 0 spiro atoms. The van der Waals surface area contributed by atoms with Gasteiger partial charge in [0.1, 0.15) is 10.9 Å². The van der Waals surface area contributed by atoms with Crippen molar-refractivity contribution in [1.82, 2.24) is 9.03 Å². The molecule has 0 fully saturated rings. The predicted octanol–water partition coefficient (Wildman–Crippen LogP) is 3.43. The third kappa shape index (κ3) is 5.61. The van der Waals surface area contributed by atoms with Gasteiger partial charge in [-0.2, -0.15) is 23.2 Å². The first-order chi connectivity index (χ1) is 16.5. The van der Waals surface area contributed by atoms with Crippen LogP contribution in [0.5, 0.6) is 0 Å². The SMILES string of the molecule is CC(C)(C)N1C(=O)C=C(c2ccc(C[C@@H](C#N)NS(=O)(=O)c3cccc(C(F)(F)F)c3)cc2)S1(=O)=O. The van der Waals surface area contributed by atoms with Gasteiger partial charge in [-0.3, -0.25) is 4.79 Å². The molecule has 8 nitrogen and oxygen atoms in total. The van der Waals surface area contributed by atoms with Crippen LogP contribution in [0.15, 0.2) is 59.5 Å². The number of carbonyl (C=O) groups is 1. The molecule has 192 valence electrons. The maximum absolute atomic E-state index is 12.9. The van der Waals surface area contributed by atoms with Gasteiger partial charge < -0.3 is 0 Å². The summed E-state index contributed by atoms with van der Waals surface area (Å²) in [5, 5.41) is 9.42. The van der Waals surface area contributed by atoms with Crippen molar-refractivity contribution in [1.29, 1.82) is 5.26 Å². The summed E-state index contributed by atoms with van der Waals surface area (Å²) in [6.45, 7) is 4.76. The Balaban J connectivity index is 1.79. The van der Waals surface area contributed by atoms with Crippen molar-refractivity contribution in [2.45, 2.75) is 49.8 Å². The van der Waals surface area contributed by atoms with Crippen molar-refractivity contribution in [2.75, 3.05) is 0 Å². The van der Waals surface area contributed by atoms with E-state index < -0.39 is 54.2 Å². The molecule has 1 amide bonds. The minimum atomic E-state index is -4.74. The van der Waals surface area contributed by atoms with E-state index in [2.05, 4.69) is 4.72 Å². The molecular weight excluding hydrogens is 519 g/mol. The van der Waals surface area contributed by atoms with E-state index >= 15 is 0 Å². The zero-order chi connectivity index (χ0) is 27.1. The highest BCUT2D eigenvalue weighted by Gasteiger charge is 2.44. The molecule has 1 aliphatic rings. The summed E-state index contributed by atoms with van der Waals surface area (Å²) in [4.78, 5) is 11.5. The third-order valence-corrected chi connectivity index (χ3v) is 8.77. The van der Waals surface area contributed by atoms with Gasteiger partial charge in [-0.15, -0.1) is 0 Å². The minimum absolute atomic E-state index is 0.145. The second kappa shape index (κ2) is 9.34. The van der Waals surface area contributed by atoms with Gasteiger partial charge in [-0.1, -0.05) is 30.3 Å². The summed E-state index contributed by atoms with van der Waals surface area (Å²) in [6, 6.07) is 9.38. The Morgan fingerprint density at radius 3 is 2.19 bits per heavy atom. The lowest BCUT2D eigenvalue weighted by Crippen LogP contribution is -2.45. The van der Waals surface area contributed by atoms with Crippen LogP contribution >= 0.6 is 0 Å². The van der Waals surface area contributed by atoms with Crippen LogP contribution in [-0.4, -0.2) is 38.6 Å². The molecular formula is C23H22F3N3O5S2. The highest BCUT2D eigenvalue weighted by atomic mass is 32.2. The van der Waals surface area contributed by atoms with Crippen LogP contribution in [0, 0.1) is 11.3 Å². The van der Waals surface area contributed by atoms with Crippen LogP contribution in [0.4, 0.5) is 13.2 Å². The Labute approximate surface area is 207 Å². The van der Waals surface area contributed by atoms with Gasteiger partial charge in [-0.05, 0) is 50.1 Å². The van der Waals surface area contributed by atoms with Crippen molar-refractivity contribution in [3.05, 3.63) is 71.3 Å². The Morgan fingerprint density at radius 2 is 1.69 bits per heavy atom. The maximum Gasteiger partial charge on any atom is 0.416 e. The largest absolute Gasteiger partial charge is 0.416 e. The molecule has 0 aromatic heterocycles. The molecule has 1 N–H and O–H groups in total. The topological polar surface area (TPSA) is 124 Å². The smallest absolute Gasteiger partial charge is 0.269 e. The Bertz CT molecular complexity index is 1470. The molecule has 1 heterocycles. The van der Waals surface area contributed by atoms with Crippen molar-refractivity contribution in [2.24, 2.45) is 0 Å². The summed E-state index contributed by atoms with van der Waals surface area (Å²) < 4.78 is 92.6. The summed E-state index contributed by atoms with van der Waals surface area (Å²) in [5.41, 5.74) is -1.43. The Kier molecular flexibility index (Phi) is 7.11. The number of amides is 1. The van der Waals surface area contributed by atoms with Crippen LogP contribution in [-0.2, 0) is 37.4 Å². The lowest BCUT2D eigenvalue weighted by molar-refractivity contribution is -0.137. The molecule has 13 heteroatoms. The number of hydrogen-bond donors (Lipinski definition) is 1. The van der Waals surface area contributed by atoms with Crippen LogP contribution < -0.4 is 4.72 Å². The second-order valence-corrected chi connectivity index (χ2v) is 12.5. The number of nitriles is 1. The van der Waals surface area contributed by atoms with E-state index in [0.29, 0.717) is 11.6 Å². The molecule has 0 saturated carbocycles. The van der Waals surface area contributed by atoms with Crippen LogP contribution in [0.1, 0.15) is 37.5 Å². The van der Waals surface area contributed by atoms with Crippen molar-refractivity contribution < 1.29 is 34.8 Å². The Hall–Kier alpha value is -3.21. The van der Waals surface area contributed by atoms with E-state index in [1.807, 2.05) is 0 Å². The van der Waals surface area contributed by atoms with Gasteiger partial charge in [0.05, 0.1) is 22.1 Å². The maximum atomic E-state index is 12.9. The number of sulfonamides is 2. The molecule has 2 aromatic rings. The van der Waals surface area contributed by atoms with E-state index in [9.17, 15) is 40.1 Å². The first kappa shape index (κ1) is 27.4. The first-order valence-electron chi connectivity index (χ1n) is 10.5. The molecule has 0 saturated heterocycles. The molecule has 0 radical (unpaired) electrons. The monoisotopic (exact) mass is 541 g/mol. The van der Waals surface area contributed by atoms with E-state index in [0.717, 1.165) is 28.6 Å². The lowest BCUT2D eigenvalue weighted by atomic mass is 10.0. The summed E-state index contributed by atoms with van der Waals surface area (Å²) in [5.74, 6) is -0.671. The van der Waals surface area contributed by atoms with E-state index in [1.165, 1.54) is 24.3 Å². The molecule has 0 bridgehead atoms. The van der Waals surface area contributed by atoms with E-state index in [4.69, 9.17) is 0 Å². The fourth-order valence-electron chi connectivity index (χ4n) is 3.63. The van der Waals surface area contributed by atoms with Crippen molar-refractivity contribution >= 4 is 30.9 Å². The number of hydrogen-bond acceptors (Lipinski definition) is 6. The fraction of sp³-hybridized carbons (Fsp3) is 0.304. The number of halogens is 3. The molecule has 1 aliphatic heterocycles. The number of alkyl halides is 3. The molecule has 0 aliphatic carbocycles. The second-order valence-electron chi connectivity index (χ2n) is 9.02. The fourth-order valence-corrected chi connectivity index (χ4v) is 6.71. The van der Waals surface area contributed by atoms with Crippen LogP contribution in [0.2, 0.25) is 0 Å². The predicted molar refractivity (Wildman–Crippen MR) is 125 cm³/mol. The molecule has 3 rings (SSSR count). The zero-order valence-corrected chi connectivity index (χ0v) is 21.0. The standard InChI is InChI=1S/C23H22F3N3O5S2/c1-22(2,3)29-21(30)13-20(36(29,33)34)16-9-7-15(8-10-16)11-18(14-27)28-35(31,32)19-6-4-5-17(12-19)23(24,25)26/h4-10,12-13,18,28H,11H2,1-3H3/t18-/m0/s1. The van der Waals surface area contributed by atoms with E-state index in [1.54, 1.807) is 26.8 Å². The van der Waals surface area contributed by atoms with Crippen molar-refractivity contribution in [3.63, 3.8) is 0 Å². The highest BCUT2D eigenvalue weighted by Crippen LogP contribution is 2.35. The number of rotatable bonds is 6. The van der Waals surface area contributed by atoms with Crippen LogP contribution in [0.3, 0.4) is 0 Å². The first-order valence-corrected chi connectivity index (χ1v) is 13.4. The van der Waals surface area contributed by atoms with Crippen molar-refractivity contribution in [3.8, 4) is 6.07 Å².